The van der Waals surface area contributed by atoms with E-state index >= 15 is 0 Å². The Balaban J connectivity index is 1.35. The van der Waals surface area contributed by atoms with E-state index in [1.165, 1.54) is 19.2 Å². The largest absolute Gasteiger partial charge is 0.461 e. The van der Waals surface area contributed by atoms with Crippen LogP contribution in [0.4, 0.5) is 20.3 Å². The monoisotopic (exact) mass is 593 g/mol. The van der Waals surface area contributed by atoms with Crippen LogP contribution >= 0.6 is 11.6 Å². The van der Waals surface area contributed by atoms with Gasteiger partial charge in [0, 0.05) is 49.0 Å². The molecule has 1 atom stereocenters. The van der Waals surface area contributed by atoms with Crippen LogP contribution in [0.5, 0.6) is 6.01 Å². The number of rotatable bonds is 7. The van der Waals surface area contributed by atoms with Crippen molar-refractivity contribution in [2.45, 2.75) is 57.2 Å². The Morgan fingerprint density at radius 1 is 1.21 bits per heavy atom. The van der Waals surface area contributed by atoms with Crippen molar-refractivity contribution in [2.75, 3.05) is 42.6 Å². The van der Waals surface area contributed by atoms with Gasteiger partial charge in [-0.15, -0.1) is 0 Å². The summed E-state index contributed by atoms with van der Waals surface area (Å²) in [7, 11) is 0. The highest BCUT2D eigenvalue weighted by atomic mass is 35.5. The van der Waals surface area contributed by atoms with E-state index in [1.54, 1.807) is 6.07 Å². The van der Waals surface area contributed by atoms with Gasteiger partial charge in [0.05, 0.1) is 41.3 Å². The lowest BCUT2D eigenvalue weighted by Crippen LogP contribution is -2.52. The van der Waals surface area contributed by atoms with E-state index in [0.29, 0.717) is 51.1 Å². The maximum atomic E-state index is 14.5. The molecule has 8 nitrogen and oxygen atoms in total. The van der Waals surface area contributed by atoms with Gasteiger partial charge in [-0.25, -0.2) is 8.78 Å². The van der Waals surface area contributed by atoms with Crippen LogP contribution in [-0.2, 0) is 13.0 Å². The maximum absolute atomic E-state index is 14.5. The van der Waals surface area contributed by atoms with E-state index in [2.05, 4.69) is 15.9 Å². The average molecular weight is 594 g/mol. The molecule has 0 spiro atoms. The number of ether oxygens (including phenoxy) is 1. The van der Waals surface area contributed by atoms with Crippen molar-refractivity contribution in [1.82, 2.24) is 14.9 Å². The van der Waals surface area contributed by atoms with Gasteiger partial charge in [-0.3, -0.25) is 0 Å². The fraction of sp³-hybridized carbons (Fsp3) is 0.452. The van der Waals surface area contributed by atoms with Crippen molar-refractivity contribution < 1.29 is 13.5 Å². The summed E-state index contributed by atoms with van der Waals surface area (Å²) in [6.45, 7) is 4.55. The first-order chi connectivity index (χ1) is 20.2. The minimum Gasteiger partial charge on any atom is -0.461 e. The first kappa shape index (κ1) is 28.4. The van der Waals surface area contributed by atoms with Gasteiger partial charge in [-0.2, -0.15) is 15.2 Å². The molecule has 1 aliphatic carbocycles. The normalized spacial score (nSPS) is 20.2. The predicted molar refractivity (Wildman–Crippen MR) is 160 cm³/mol. The number of fused-ring (bicyclic) bond motifs is 2. The highest BCUT2D eigenvalue weighted by Gasteiger charge is 2.35. The van der Waals surface area contributed by atoms with Gasteiger partial charge in [0.15, 0.2) is 0 Å². The number of nitriles is 1. The van der Waals surface area contributed by atoms with Gasteiger partial charge < -0.3 is 25.2 Å². The van der Waals surface area contributed by atoms with Crippen LogP contribution < -0.4 is 20.3 Å². The Bertz CT molecular complexity index is 1570. The molecule has 6 rings (SSSR count). The molecule has 2 aliphatic heterocycles. The molecule has 3 aliphatic rings. The lowest BCUT2D eigenvalue weighted by Gasteiger charge is -2.42. The van der Waals surface area contributed by atoms with Gasteiger partial charge in [-0.05, 0) is 50.1 Å². The molecular formula is C31H34ClF2N7O. The molecule has 0 radical (unpaired) electrons. The summed E-state index contributed by atoms with van der Waals surface area (Å²) in [5.74, 6) is 0.0338. The van der Waals surface area contributed by atoms with Crippen LogP contribution in [0.2, 0.25) is 5.02 Å². The van der Waals surface area contributed by atoms with Gasteiger partial charge in [0.1, 0.15) is 24.1 Å². The summed E-state index contributed by atoms with van der Waals surface area (Å²) in [5, 5.41) is 11.1. The second-order valence-corrected chi connectivity index (χ2v) is 12.0. The third-order valence-corrected chi connectivity index (χ3v) is 8.98. The Kier molecular flexibility index (Phi) is 7.81. The van der Waals surface area contributed by atoms with Crippen molar-refractivity contribution >= 4 is 33.9 Å². The summed E-state index contributed by atoms with van der Waals surface area (Å²) in [6, 6.07) is 11.3. The summed E-state index contributed by atoms with van der Waals surface area (Å²) in [4.78, 5) is 16.0. The lowest BCUT2D eigenvalue weighted by atomic mass is 9.78. The molecule has 2 aromatic carbocycles. The number of hydrogen-bond donors (Lipinski definition) is 1. The van der Waals surface area contributed by atoms with Crippen molar-refractivity contribution in [3.63, 3.8) is 0 Å². The summed E-state index contributed by atoms with van der Waals surface area (Å²) < 4.78 is 34.4. The highest BCUT2D eigenvalue weighted by molar-refractivity contribution is 6.36. The van der Waals surface area contributed by atoms with E-state index in [9.17, 15) is 14.0 Å². The number of hydrogen-bond acceptors (Lipinski definition) is 8. The van der Waals surface area contributed by atoms with Gasteiger partial charge >= 0.3 is 6.01 Å². The second kappa shape index (κ2) is 11.5. The zero-order chi connectivity index (χ0) is 29.4. The summed E-state index contributed by atoms with van der Waals surface area (Å²) >= 11 is 6.47. The van der Waals surface area contributed by atoms with Gasteiger partial charge in [0.25, 0.3) is 0 Å². The number of aromatic nitrogens is 2. The second-order valence-electron chi connectivity index (χ2n) is 11.6. The highest BCUT2D eigenvalue weighted by Crippen LogP contribution is 2.38. The Labute approximate surface area is 249 Å². The molecule has 0 amide bonds. The van der Waals surface area contributed by atoms with Crippen LogP contribution in [0.3, 0.4) is 0 Å². The van der Waals surface area contributed by atoms with Crippen LogP contribution in [0, 0.1) is 17.1 Å². The zero-order valence-electron chi connectivity index (χ0n) is 23.6. The van der Waals surface area contributed by atoms with Crippen molar-refractivity contribution in [3.05, 3.63) is 64.5 Å². The molecule has 2 fully saturated rings. The third-order valence-electron chi connectivity index (χ3n) is 8.61. The number of halogens is 3. The van der Waals surface area contributed by atoms with E-state index in [0.717, 1.165) is 47.4 Å². The fourth-order valence-corrected chi connectivity index (χ4v) is 6.47. The summed E-state index contributed by atoms with van der Waals surface area (Å²) in [5.41, 5.74) is 8.76. The lowest BCUT2D eigenvalue weighted by molar-refractivity contribution is 0.133. The molecule has 0 bridgehead atoms. The van der Waals surface area contributed by atoms with Crippen molar-refractivity contribution in [3.8, 4) is 12.1 Å². The summed E-state index contributed by atoms with van der Waals surface area (Å²) in [6.07, 6.45) is 5.28. The molecule has 42 heavy (non-hydrogen) atoms. The smallest absolute Gasteiger partial charge is 0.318 e. The van der Waals surface area contributed by atoms with Crippen molar-refractivity contribution in [2.24, 2.45) is 5.73 Å². The Morgan fingerprint density at radius 3 is 2.79 bits per heavy atom. The number of anilines is 2. The average Bonchev–Trinajstić information content (AvgIpc) is 2.97. The van der Waals surface area contributed by atoms with E-state index in [4.69, 9.17) is 32.0 Å². The minimum atomic E-state index is -0.454. The molecule has 11 heteroatoms. The van der Waals surface area contributed by atoms with E-state index in [-0.39, 0.29) is 34.9 Å². The number of allylic oxidation sites excluding steroid dienone is 1. The Morgan fingerprint density at radius 2 is 2.05 bits per heavy atom. The van der Waals surface area contributed by atoms with E-state index in [1.807, 2.05) is 23.1 Å². The first-order valence-electron chi connectivity index (χ1n) is 14.4. The maximum Gasteiger partial charge on any atom is 0.318 e. The molecule has 1 saturated heterocycles. The molecule has 1 aromatic heterocycles. The quantitative estimate of drug-likeness (QED) is 0.385. The van der Waals surface area contributed by atoms with E-state index < -0.39 is 5.82 Å². The Hall–Kier alpha value is -3.68. The molecular weight excluding hydrogens is 560 g/mol. The first-order valence-corrected chi connectivity index (χ1v) is 14.8. The molecule has 2 N–H and O–H groups in total. The number of nitrogens with zero attached hydrogens (tertiary/aromatic N) is 6. The molecule has 0 unspecified atom stereocenters. The van der Waals surface area contributed by atoms with Crippen LogP contribution in [0.15, 0.2) is 42.4 Å². The van der Waals surface area contributed by atoms with Crippen molar-refractivity contribution in [1.29, 1.82) is 5.26 Å². The molecule has 1 saturated carbocycles. The minimum absolute atomic E-state index is 0.106. The number of piperazine rings is 1. The topological polar surface area (TPSA) is 94.5 Å². The molecule has 3 aromatic rings. The third kappa shape index (κ3) is 5.55. The molecule has 220 valence electrons. The SMILES string of the molecule is CC(F)=CN1CCN(c2nc(OCC3(N)CCC3)nc3c2CCN(c2cccc4ccc(F)c(Cl)c24)C3)C[C@@H]1CC#N. The van der Waals surface area contributed by atoms with Gasteiger partial charge in [0.2, 0.25) is 0 Å². The standard InChI is InChI=1S/C31H34ClF2N7O/c1-20(33)16-39-14-15-41(17-22(39)8-12-35)29-23-9-13-40(26-5-2-4-21-6-7-24(34)28(32)27(21)26)18-25(23)37-30(38-29)42-19-31(36)10-3-11-31/h2,4-7,16,22H,3,8-11,13-15,17-19,36H2,1H3/t22-/m0/s1. The molecule has 3 heterocycles. The predicted octanol–water partition coefficient (Wildman–Crippen LogP) is 5.48. The number of benzene rings is 2. The van der Waals surface area contributed by atoms with Crippen LogP contribution in [-0.4, -0.2) is 59.2 Å². The number of nitrogens with two attached hydrogens (primary N) is 1. The fourth-order valence-electron chi connectivity index (χ4n) is 6.21. The zero-order valence-corrected chi connectivity index (χ0v) is 24.4. The van der Waals surface area contributed by atoms with Gasteiger partial charge in [-0.1, -0.05) is 29.8 Å². The van der Waals surface area contributed by atoms with Crippen LogP contribution in [0.1, 0.15) is 43.9 Å². The van der Waals surface area contributed by atoms with Crippen LogP contribution in [0.25, 0.3) is 10.8 Å².